The van der Waals surface area contributed by atoms with E-state index in [1.54, 1.807) is 4.68 Å². The van der Waals surface area contributed by atoms with E-state index in [0.717, 1.165) is 11.6 Å². The van der Waals surface area contributed by atoms with Crippen LogP contribution in [0.4, 0.5) is 0 Å². The van der Waals surface area contributed by atoms with Crippen LogP contribution in [0.1, 0.15) is 25.5 Å². The molecule has 0 aliphatic rings. The van der Waals surface area contributed by atoms with E-state index in [2.05, 4.69) is 10.1 Å². The van der Waals surface area contributed by atoms with E-state index in [-0.39, 0.29) is 12.0 Å². The minimum atomic E-state index is -0.347. The van der Waals surface area contributed by atoms with Gasteiger partial charge in [0.1, 0.15) is 11.6 Å². The third kappa shape index (κ3) is 2.52. The number of aliphatic hydroxyl groups is 1. The first-order chi connectivity index (χ1) is 6.00. The van der Waals surface area contributed by atoms with Crippen molar-refractivity contribution < 1.29 is 5.11 Å². The van der Waals surface area contributed by atoms with Gasteiger partial charge in [-0.05, 0) is 19.8 Å². The monoisotopic (exact) mass is 183 g/mol. The van der Waals surface area contributed by atoms with Crippen LogP contribution in [-0.4, -0.2) is 26.0 Å². The molecule has 0 aliphatic carbocycles. The molecule has 4 heteroatoms. The van der Waals surface area contributed by atoms with Gasteiger partial charge in [-0.1, -0.05) is 13.8 Å². The lowest BCUT2D eigenvalue weighted by Crippen LogP contribution is -2.23. The summed E-state index contributed by atoms with van der Waals surface area (Å²) in [5, 5.41) is 13.8. The van der Waals surface area contributed by atoms with E-state index in [0.29, 0.717) is 6.54 Å². The summed E-state index contributed by atoms with van der Waals surface area (Å²) < 4.78 is 1.75. The van der Waals surface area contributed by atoms with E-state index >= 15 is 0 Å². The van der Waals surface area contributed by atoms with Gasteiger partial charge in [0.15, 0.2) is 0 Å². The summed E-state index contributed by atoms with van der Waals surface area (Å²) in [6.07, 6.45) is -0.347. The van der Waals surface area contributed by atoms with Gasteiger partial charge in [-0.2, -0.15) is 5.10 Å². The Kier molecular flexibility index (Phi) is 3.03. The van der Waals surface area contributed by atoms with Gasteiger partial charge < -0.3 is 5.11 Å². The Labute approximate surface area is 78.6 Å². The molecule has 1 unspecified atom stereocenters. The molecule has 13 heavy (non-hydrogen) atoms. The lowest BCUT2D eigenvalue weighted by atomic mass is 10.1. The fourth-order valence-electron chi connectivity index (χ4n) is 1.12. The molecule has 1 atom stereocenters. The average Bonchev–Trinajstić information content (AvgIpc) is 2.30. The van der Waals surface area contributed by atoms with Crippen LogP contribution in [0.15, 0.2) is 0 Å². The van der Waals surface area contributed by atoms with Gasteiger partial charge in [0, 0.05) is 0 Å². The van der Waals surface area contributed by atoms with Crippen molar-refractivity contribution in [3.05, 3.63) is 11.6 Å². The summed E-state index contributed by atoms with van der Waals surface area (Å²) in [5.74, 6) is 1.87. The minimum Gasteiger partial charge on any atom is -0.391 e. The van der Waals surface area contributed by atoms with Gasteiger partial charge in [-0.15, -0.1) is 0 Å². The molecule has 0 aromatic carbocycles. The molecule has 1 heterocycles. The Morgan fingerprint density at radius 2 is 2.00 bits per heavy atom. The number of nitrogens with zero attached hydrogens (tertiary/aromatic N) is 3. The molecule has 4 nitrogen and oxygen atoms in total. The average molecular weight is 183 g/mol. The molecular formula is C9H17N3O. The van der Waals surface area contributed by atoms with Crippen molar-refractivity contribution >= 4 is 0 Å². The number of aromatic nitrogens is 3. The van der Waals surface area contributed by atoms with E-state index in [1.165, 1.54) is 0 Å². The first-order valence-corrected chi connectivity index (χ1v) is 4.57. The maximum Gasteiger partial charge on any atom is 0.147 e. The molecule has 1 aromatic rings. The Bertz CT molecular complexity index is 280. The van der Waals surface area contributed by atoms with Crippen molar-refractivity contribution in [3.63, 3.8) is 0 Å². The highest BCUT2D eigenvalue weighted by molar-refractivity contribution is 4.88. The molecule has 0 aliphatic heterocycles. The topological polar surface area (TPSA) is 50.9 Å². The number of hydrogen-bond acceptors (Lipinski definition) is 3. The van der Waals surface area contributed by atoms with Crippen molar-refractivity contribution in [2.45, 2.75) is 40.3 Å². The number of aliphatic hydroxyl groups excluding tert-OH is 1. The van der Waals surface area contributed by atoms with Crippen LogP contribution in [0, 0.1) is 19.8 Å². The van der Waals surface area contributed by atoms with E-state index < -0.39 is 0 Å². The quantitative estimate of drug-likeness (QED) is 0.757. The van der Waals surface area contributed by atoms with Gasteiger partial charge >= 0.3 is 0 Å². The second kappa shape index (κ2) is 3.87. The largest absolute Gasteiger partial charge is 0.391 e. The molecule has 0 bridgehead atoms. The summed E-state index contributed by atoms with van der Waals surface area (Å²) in [4.78, 5) is 4.16. The normalized spacial score (nSPS) is 13.7. The molecule has 1 rings (SSSR count). The predicted octanol–water partition coefficient (Wildman–Crippen LogP) is 0.912. The molecule has 0 saturated heterocycles. The zero-order chi connectivity index (χ0) is 10.0. The van der Waals surface area contributed by atoms with Gasteiger partial charge in [-0.3, -0.25) is 0 Å². The first kappa shape index (κ1) is 10.2. The Balaban J connectivity index is 2.68. The molecule has 0 spiro atoms. The maximum absolute atomic E-state index is 9.62. The lowest BCUT2D eigenvalue weighted by Gasteiger charge is -2.14. The van der Waals surface area contributed by atoms with Crippen molar-refractivity contribution in [1.82, 2.24) is 14.8 Å². The van der Waals surface area contributed by atoms with Crippen LogP contribution in [0.25, 0.3) is 0 Å². The second-order valence-electron chi connectivity index (χ2n) is 3.70. The smallest absolute Gasteiger partial charge is 0.147 e. The molecule has 0 amide bonds. The van der Waals surface area contributed by atoms with Crippen molar-refractivity contribution in [1.29, 1.82) is 0 Å². The van der Waals surface area contributed by atoms with E-state index in [9.17, 15) is 5.11 Å². The van der Waals surface area contributed by atoms with Crippen molar-refractivity contribution in [2.75, 3.05) is 0 Å². The highest BCUT2D eigenvalue weighted by Gasteiger charge is 2.12. The number of hydrogen-bond donors (Lipinski definition) is 1. The molecule has 1 N–H and O–H groups in total. The Morgan fingerprint density at radius 1 is 1.38 bits per heavy atom. The Hall–Kier alpha value is -0.900. The zero-order valence-electron chi connectivity index (χ0n) is 8.65. The summed E-state index contributed by atoms with van der Waals surface area (Å²) in [6.45, 7) is 8.26. The van der Waals surface area contributed by atoms with Crippen LogP contribution >= 0.6 is 0 Å². The number of rotatable bonds is 3. The fourth-order valence-corrected chi connectivity index (χ4v) is 1.12. The summed E-state index contributed by atoms with van der Waals surface area (Å²) in [7, 11) is 0. The standard InChI is InChI=1S/C9H17N3O/c1-6(2)9(13)5-12-8(4)10-7(3)11-12/h6,9,13H,5H2,1-4H3. The second-order valence-corrected chi connectivity index (χ2v) is 3.70. The molecule has 0 saturated carbocycles. The molecule has 0 radical (unpaired) electrons. The van der Waals surface area contributed by atoms with Gasteiger partial charge in [0.05, 0.1) is 12.6 Å². The summed E-state index contributed by atoms with van der Waals surface area (Å²) >= 11 is 0. The van der Waals surface area contributed by atoms with Crippen LogP contribution in [-0.2, 0) is 6.54 Å². The van der Waals surface area contributed by atoms with Gasteiger partial charge in [-0.25, -0.2) is 9.67 Å². The third-order valence-electron chi connectivity index (χ3n) is 2.09. The third-order valence-corrected chi connectivity index (χ3v) is 2.09. The lowest BCUT2D eigenvalue weighted by molar-refractivity contribution is 0.102. The molecular weight excluding hydrogens is 166 g/mol. The van der Waals surface area contributed by atoms with Crippen molar-refractivity contribution in [3.8, 4) is 0 Å². The Morgan fingerprint density at radius 3 is 2.38 bits per heavy atom. The van der Waals surface area contributed by atoms with Gasteiger partial charge in [0.2, 0.25) is 0 Å². The van der Waals surface area contributed by atoms with E-state index in [4.69, 9.17) is 0 Å². The first-order valence-electron chi connectivity index (χ1n) is 4.57. The fraction of sp³-hybridized carbons (Fsp3) is 0.778. The maximum atomic E-state index is 9.62. The summed E-state index contributed by atoms with van der Waals surface area (Å²) in [6, 6.07) is 0. The molecule has 74 valence electrons. The van der Waals surface area contributed by atoms with Crippen LogP contribution < -0.4 is 0 Å². The zero-order valence-corrected chi connectivity index (χ0v) is 8.65. The molecule has 0 fully saturated rings. The van der Waals surface area contributed by atoms with Crippen LogP contribution in [0.2, 0.25) is 0 Å². The predicted molar refractivity (Wildman–Crippen MR) is 50.3 cm³/mol. The van der Waals surface area contributed by atoms with E-state index in [1.807, 2.05) is 27.7 Å². The van der Waals surface area contributed by atoms with Crippen molar-refractivity contribution in [2.24, 2.45) is 5.92 Å². The highest BCUT2D eigenvalue weighted by Crippen LogP contribution is 2.05. The minimum absolute atomic E-state index is 0.254. The highest BCUT2D eigenvalue weighted by atomic mass is 16.3. The van der Waals surface area contributed by atoms with Crippen LogP contribution in [0.3, 0.4) is 0 Å². The van der Waals surface area contributed by atoms with Crippen LogP contribution in [0.5, 0.6) is 0 Å². The SMILES string of the molecule is Cc1nc(C)n(CC(O)C(C)C)n1. The molecule has 1 aromatic heterocycles. The van der Waals surface area contributed by atoms with Gasteiger partial charge in [0.25, 0.3) is 0 Å². The summed E-state index contributed by atoms with van der Waals surface area (Å²) in [5.41, 5.74) is 0. The number of aryl methyl sites for hydroxylation is 2.